The summed E-state index contributed by atoms with van der Waals surface area (Å²) in [7, 11) is -3.20. The van der Waals surface area contributed by atoms with Crippen LogP contribution in [0.5, 0.6) is 0 Å². The molecule has 0 spiro atoms. The van der Waals surface area contributed by atoms with Crippen molar-refractivity contribution in [1.29, 1.82) is 0 Å². The fourth-order valence-electron chi connectivity index (χ4n) is 2.14. The van der Waals surface area contributed by atoms with Crippen LogP contribution in [0.1, 0.15) is 24.2 Å². The summed E-state index contributed by atoms with van der Waals surface area (Å²) in [6.45, 7) is 2.37. The summed E-state index contributed by atoms with van der Waals surface area (Å²) in [5.74, 6) is 0.0163. The molecule has 0 radical (unpaired) electrons. The maximum absolute atomic E-state index is 12.1. The van der Waals surface area contributed by atoms with Crippen molar-refractivity contribution in [1.82, 2.24) is 0 Å². The highest BCUT2D eigenvalue weighted by atomic mass is 32.2. The Morgan fingerprint density at radius 1 is 1.44 bits per heavy atom. The Hall–Kier alpha value is -0.910. The first-order valence-corrected chi connectivity index (χ1v) is 7.87. The lowest BCUT2D eigenvalue weighted by molar-refractivity contribution is 0.0575. The van der Waals surface area contributed by atoms with Crippen molar-refractivity contribution < 1.29 is 13.2 Å². The van der Waals surface area contributed by atoms with E-state index in [4.69, 9.17) is 10.5 Å². The summed E-state index contributed by atoms with van der Waals surface area (Å²) < 4.78 is 29.8. The standard InChI is InChI=1S/C13H19NO3S/c1-10(8-14)18(15,16)9-13-12-5-3-2-4-11(12)6-7-17-13/h2-5,10,13H,6-9,14H2,1H3. The second-order valence-corrected chi connectivity index (χ2v) is 7.15. The number of benzene rings is 1. The SMILES string of the molecule is CC(CN)S(=O)(=O)CC1OCCc2ccccc21. The van der Waals surface area contributed by atoms with Gasteiger partial charge in [-0.25, -0.2) is 8.42 Å². The van der Waals surface area contributed by atoms with Gasteiger partial charge in [0.2, 0.25) is 0 Å². The van der Waals surface area contributed by atoms with Crippen LogP contribution in [0.25, 0.3) is 0 Å². The molecule has 4 nitrogen and oxygen atoms in total. The van der Waals surface area contributed by atoms with Gasteiger partial charge in [-0.2, -0.15) is 0 Å². The molecule has 1 aliphatic heterocycles. The van der Waals surface area contributed by atoms with Gasteiger partial charge in [0.1, 0.15) is 0 Å². The molecule has 0 bridgehead atoms. The second kappa shape index (κ2) is 5.38. The summed E-state index contributed by atoms with van der Waals surface area (Å²) in [6.07, 6.45) is 0.494. The summed E-state index contributed by atoms with van der Waals surface area (Å²) in [5.41, 5.74) is 7.62. The number of hydrogen-bond acceptors (Lipinski definition) is 4. The molecule has 1 aromatic carbocycles. The largest absolute Gasteiger partial charge is 0.372 e. The molecule has 18 heavy (non-hydrogen) atoms. The van der Waals surface area contributed by atoms with Crippen molar-refractivity contribution in [3.63, 3.8) is 0 Å². The summed E-state index contributed by atoms with van der Waals surface area (Å²) >= 11 is 0. The van der Waals surface area contributed by atoms with Crippen LogP contribution in [0.15, 0.2) is 24.3 Å². The van der Waals surface area contributed by atoms with Crippen LogP contribution in [-0.4, -0.2) is 32.6 Å². The number of sulfone groups is 1. The lowest BCUT2D eigenvalue weighted by atomic mass is 9.99. The number of ether oxygens (including phenoxy) is 1. The highest BCUT2D eigenvalue weighted by molar-refractivity contribution is 7.92. The van der Waals surface area contributed by atoms with Gasteiger partial charge >= 0.3 is 0 Å². The maximum Gasteiger partial charge on any atom is 0.157 e. The molecule has 1 heterocycles. The van der Waals surface area contributed by atoms with E-state index in [1.54, 1.807) is 6.92 Å². The van der Waals surface area contributed by atoms with E-state index in [0.717, 1.165) is 12.0 Å². The van der Waals surface area contributed by atoms with Crippen LogP contribution in [0.3, 0.4) is 0 Å². The molecule has 0 fully saturated rings. The van der Waals surface area contributed by atoms with E-state index in [2.05, 4.69) is 0 Å². The van der Waals surface area contributed by atoms with E-state index in [9.17, 15) is 8.42 Å². The van der Waals surface area contributed by atoms with Gasteiger partial charge in [-0.15, -0.1) is 0 Å². The zero-order valence-electron chi connectivity index (χ0n) is 10.5. The summed E-state index contributed by atoms with van der Waals surface area (Å²) in [4.78, 5) is 0. The van der Waals surface area contributed by atoms with Gasteiger partial charge in [0, 0.05) is 6.54 Å². The predicted octanol–water partition coefficient (Wildman–Crippen LogP) is 1.06. The van der Waals surface area contributed by atoms with Gasteiger partial charge in [-0.3, -0.25) is 0 Å². The first kappa shape index (κ1) is 13.5. The van der Waals surface area contributed by atoms with Crippen LogP contribution in [0.2, 0.25) is 0 Å². The van der Waals surface area contributed by atoms with Crippen LogP contribution in [0.4, 0.5) is 0 Å². The van der Waals surface area contributed by atoms with Crippen molar-refractivity contribution in [3.8, 4) is 0 Å². The molecule has 0 aromatic heterocycles. The smallest absolute Gasteiger partial charge is 0.157 e. The van der Waals surface area contributed by atoms with Gasteiger partial charge in [-0.05, 0) is 24.5 Å². The lowest BCUT2D eigenvalue weighted by Gasteiger charge is -2.26. The second-order valence-electron chi connectivity index (χ2n) is 4.68. The third-order valence-corrected chi connectivity index (χ3v) is 5.61. The van der Waals surface area contributed by atoms with Gasteiger partial charge in [-0.1, -0.05) is 24.3 Å². The topological polar surface area (TPSA) is 69.4 Å². The van der Waals surface area contributed by atoms with Crippen molar-refractivity contribution in [2.24, 2.45) is 5.73 Å². The zero-order chi connectivity index (χ0) is 13.2. The van der Waals surface area contributed by atoms with Gasteiger partial charge in [0.15, 0.2) is 9.84 Å². The number of fused-ring (bicyclic) bond motifs is 1. The Bertz CT molecular complexity index is 513. The number of nitrogens with two attached hydrogens (primary N) is 1. The normalized spacial score (nSPS) is 21.3. The molecular formula is C13H19NO3S. The zero-order valence-corrected chi connectivity index (χ0v) is 11.3. The van der Waals surface area contributed by atoms with Crippen molar-refractivity contribution in [2.45, 2.75) is 24.7 Å². The molecule has 0 saturated heterocycles. The minimum Gasteiger partial charge on any atom is -0.372 e. The molecule has 2 atom stereocenters. The predicted molar refractivity (Wildman–Crippen MR) is 71.1 cm³/mol. The van der Waals surface area contributed by atoms with E-state index in [1.807, 2.05) is 24.3 Å². The van der Waals surface area contributed by atoms with Gasteiger partial charge in [0.25, 0.3) is 0 Å². The van der Waals surface area contributed by atoms with Crippen LogP contribution < -0.4 is 5.73 Å². The molecular weight excluding hydrogens is 250 g/mol. The quantitative estimate of drug-likeness (QED) is 0.887. The van der Waals surface area contributed by atoms with Crippen molar-refractivity contribution >= 4 is 9.84 Å². The minimum absolute atomic E-state index is 0.0163. The average Bonchev–Trinajstić information content (AvgIpc) is 2.38. The molecule has 2 rings (SSSR count). The van der Waals surface area contributed by atoms with E-state index in [1.165, 1.54) is 5.56 Å². The Balaban J connectivity index is 2.22. The monoisotopic (exact) mass is 269 g/mol. The molecule has 2 unspecified atom stereocenters. The highest BCUT2D eigenvalue weighted by Gasteiger charge is 2.29. The molecule has 0 saturated carbocycles. The van der Waals surface area contributed by atoms with Crippen molar-refractivity contribution in [3.05, 3.63) is 35.4 Å². The minimum atomic E-state index is -3.20. The molecule has 2 N–H and O–H groups in total. The molecule has 1 aromatic rings. The Morgan fingerprint density at radius 3 is 2.89 bits per heavy atom. The summed E-state index contributed by atoms with van der Waals surface area (Å²) in [6, 6.07) is 7.86. The molecule has 0 aliphatic carbocycles. The first-order valence-electron chi connectivity index (χ1n) is 6.15. The molecule has 0 amide bonds. The molecule has 100 valence electrons. The maximum atomic E-state index is 12.1. The average molecular weight is 269 g/mol. The fourth-order valence-corrected chi connectivity index (χ4v) is 3.46. The lowest BCUT2D eigenvalue weighted by Crippen LogP contribution is -2.32. The Morgan fingerprint density at radius 2 is 2.17 bits per heavy atom. The van der Waals surface area contributed by atoms with E-state index >= 15 is 0 Å². The highest BCUT2D eigenvalue weighted by Crippen LogP contribution is 2.28. The molecule has 5 heteroatoms. The Labute approximate surface area is 108 Å². The summed E-state index contributed by atoms with van der Waals surface area (Å²) in [5, 5.41) is -0.518. The molecule has 1 aliphatic rings. The Kier molecular flexibility index (Phi) is 4.04. The third-order valence-electron chi connectivity index (χ3n) is 3.42. The van der Waals surface area contributed by atoms with Gasteiger partial charge in [0.05, 0.1) is 23.7 Å². The fraction of sp³-hybridized carbons (Fsp3) is 0.538. The van der Waals surface area contributed by atoms with Crippen molar-refractivity contribution in [2.75, 3.05) is 18.9 Å². The van der Waals surface area contributed by atoms with Crippen LogP contribution in [0, 0.1) is 0 Å². The first-order chi connectivity index (χ1) is 8.54. The number of hydrogen-bond donors (Lipinski definition) is 1. The van der Waals surface area contributed by atoms with E-state index in [0.29, 0.717) is 6.61 Å². The van der Waals surface area contributed by atoms with E-state index < -0.39 is 15.1 Å². The van der Waals surface area contributed by atoms with Crippen LogP contribution in [-0.2, 0) is 21.0 Å². The number of rotatable bonds is 4. The van der Waals surface area contributed by atoms with E-state index in [-0.39, 0.29) is 18.4 Å². The third kappa shape index (κ3) is 2.74. The van der Waals surface area contributed by atoms with Gasteiger partial charge < -0.3 is 10.5 Å². The van der Waals surface area contributed by atoms with Crippen LogP contribution >= 0.6 is 0 Å².